The van der Waals surface area contributed by atoms with E-state index >= 15 is 0 Å². The summed E-state index contributed by atoms with van der Waals surface area (Å²) in [7, 11) is 0. The summed E-state index contributed by atoms with van der Waals surface area (Å²) in [5, 5.41) is 0. The number of carbonyl (C=O) groups excluding carboxylic acids is 1. The first-order valence-electron chi connectivity index (χ1n) is 9.77. The van der Waals surface area contributed by atoms with Crippen LogP contribution in [-0.4, -0.2) is 12.1 Å². The van der Waals surface area contributed by atoms with Gasteiger partial charge in [0.15, 0.2) is 6.10 Å². The van der Waals surface area contributed by atoms with E-state index in [1.54, 1.807) is 0 Å². The van der Waals surface area contributed by atoms with Crippen LogP contribution in [0.3, 0.4) is 0 Å². The standard InChI is InChI=1S/C26H28O2/c1-26(2,3)25(27)28-24(21-20-23-17-11-7-12-18-23)19-13-5-4-8-14-22-15-9-6-10-16-22/h6-7,9-12,15-18,24H,4-5,13,19H2,1-3H3. The smallest absolute Gasteiger partial charge is 0.312 e. The third kappa shape index (κ3) is 8.15. The van der Waals surface area contributed by atoms with Crippen LogP contribution in [0.5, 0.6) is 0 Å². The van der Waals surface area contributed by atoms with Gasteiger partial charge in [-0.3, -0.25) is 4.79 Å². The molecule has 0 amide bonds. The van der Waals surface area contributed by atoms with Gasteiger partial charge in [0.1, 0.15) is 0 Å². The van der Waals surface area contributed by atoms with Gasteiger partial charge in [-0.1, -0.05) is 60.1 Å². The minimum absolute atomic E-state index is 0.219. The monoisotopic (exact) mass is 372 g/mol. The molecule has 0 spiro atoms. The summed E-state index contributed by atoms with van der Waals surface area (Å²) in [5.41, 5.74) is 1.43. The molecule has 0 radical (unpaired) electrons. The van der Waals surface area contributed by atoms with Gasteiger partial charge in [0.2, 0.25) is 0 Å². The van der Waals surface area contributed by atoms with E-state index in [2.05, 4.69) is 23.7 Å². The van der Waals surface area contributed by atoms with E-state index in [9.17, 15) is 4.79 Å². The van der Waals surface area contributed by atoms with Crippen molar-refractivity contribution in [2.75, 3.05) is 0 Å². The molecule has 0 saturated carbocycles. The van der Waals surface area contributed by atoms with Crippen LogP contribution in [0, 0.1) is 29.1 Å². The SMILES string of the molecule is CC(C)(C)C(=O)OC(C#Cc1ccccc1)CCCCC#Cc1ccccc1. The van der Waals surface area contributed by atoms with Crippen LogP contribution in [0.4, 0.5) is 0 Å². The number of unbranched alkanes of at least 4 members (excludes halogenated alkanes) is 2. The lowest BCUT2D eigenvalue weighted by Crippen LogP contribution is -2.27. The molecular formula is C26H28O2. The summed E-state index contributed by atoms with van der Waals surface area (Å²) >= 11 is 0. The number of hydrogen-bond acceptors (Lipinski definition) is 2. The van der Waals surface area contributed by atoms with Gasteiger partial charge in [-0.2, -0.15) is 0 Å². The van der Waals surface area contributed by atoms with Gasteiger partial charge in [0.25, 0.3) is 0 Å². The van der Waals surface area contributed by atoms with Crippen molar-refractivity contribution in [3.05, 3.63) is 71.8 Å². The number of carbonyl (C=O) groups is 1. The Balaban J connectivity index is 1.89. The zero-order chi connectivity index (χ0) is 20.2. The van der Waals surface area contributed by atoms with E-state index in [4.69, 9.17) is 4.74 Å². The molecule has 2 nitrogen and oxygen atoms in total. The van der Waals surface area contributed by atoms with E-state index < -0.39 is 11.5 Å². The Labute approximate surface area is 169 Å². The average Bonchev–Trinajstić information content (AvgIpc) is 2.69. The number of benzene rings is 2. The van der Waals surface area contributed by atoms with Crippen molar-refractivity contribution in [2.45, 2.75) is 52.6 Å². The van der Waals surface area contributed by atoms with Gasteiger partial charge in [0, 0.05) is 17.5 Å². The molecule has 2 aromatic rings. The summed E-state index contributed by atoms with van der Waals surface area (Å²) in [6.45, 7) is 5.57. The number of esters is 1. The molecule has 1 unspecified atom stereocenters. The van der Waals surface area contributed by atoms with E-state index in [0.29, 0.717) is 6.42 Å². The Morgan fingerprint density at radius 2 is 1.46 bits per heavy atom. The van der Waals surface area contributed by atoms with Gasteiger partial charge in [0.05, 0.1) is 5.41 Å². The minimum atomic E-state index is -0.534. The molecular weight excluding hydrogens is 344 g/mol. The summed E-state index contributed by atoms with van der Waals surface area (Å²) in [6.07, 6.45) is 3.01. The second kappa shape index (κ2) is 11.0. The molecule has 0 aromatic heterocycles. The Morgan fingerprint density at radius 3 is 2.04 bits per heavy atom. The number of hydrogen-bond donors (Lipinski definition) is 0. The van der Waals surface area contributed by atoms with E-state index in [0.717, 1.165) is 30.4 Å². The highest BCUT2D eigenvalue weighted by Crippen LogP contribution is 2.18. The van der Waals surface area contributed by atoms with Crippen molar-refractivity contribution in [2.24, 2.45) is 5.41 Å². The Morgan fingerprint density at radius 1 is 0.893 bits per heavy atom. The fourth-order valence-electron chi connectivity index (χ4n) is 2.38. The first-order valence-corrected chi connectivity index (χ1v) is 9.77. The fraction of sp³-hybridized carbons (Fsp3) is 0.346. The summed E-state index contributed by atoms with van der Waals surface area (Å²) in [5.74, 6) is 12.4. The third-order valence-corrected chi connectivity index (χ3v) is 4.04. The quantitative estimate of drug-likeness (QED) is 0.387. The second-order valence-corrected chi connectivity index (χ2v) is 7.69. The minimum Gasteiger partial charge on any atom is -0.449 e. The molecule has 0 saturated heterocycles. The number of rotatable bonds is 5. The average molecular weight is 373 g/mol. The van der Waals surface area contributed by atoms with Gasteiger partial charge in [-0.15, -0.1) is 0 Å². The topological polar surface area (TPSA) is 26.3 Å². The van der Waals surface area contributed by atoms with Gasteiger partial charge in [-0.25, -0.2) is 0 Å². The van der Waals surface area contributed by atoms with Gasteiger partial charge >= 0.3 is 5.97 Å². The van der Waals surface area contributed by atoms with Crippen LogP contribution in [0.1, 0.15) is 57.6 Å². The highest BCUT2D eigenvalue weighted by molar-refractivity contribution is 5.75. The normalized spacial score (nSPS) is 11.4. The molecule has 0 N–H and O–H groups in total. The van der Waals surface area contributed by atoms with Crippen molar-refractivity contribution < 1.29 is 9.53 Å². The van der Waals surface area contributed by atoms with Gasteiger partial charge in [-0.05, 0) is 64.3 Å². The molecule has 1 atom stereocenters. The predicted octanol–water partition coefficient (Wildman–Crippen LogP) is 5.61. The van der Waals surface area contributed by atoms with Crippen LogP contribution in [0.2, 0.25) is 0 Å². The highest BCUT2D eigenvalue weighted by Gasteiger charge is 2.25. The zero-order valence-electron chi connectivity index (χ0n) is 17.0. The fourth-order valence-corrected chi connectivity index (χ4v) is 2.38. The molecule has 0 aliphatic carbocycles. The summed E-state index contributed by atoms with van der Waals surface area (Å²) in [6, 6.07) is 19.7. The van der Waals surface area contributed by atoms with Crippen LogP contribution >= 0.6 is 0 Å². The summed E-state index contributed by atoms with van der Waals surface area (Å²) in [4.78, 5) is 12.3. The maximum Gasteiger partial charge on any atom is 0.312 e. The maximum absolute atomic E-state index is 12.3. The van der Waals surface area contributed by atoms with Crippen LogP contribution < -0.4 is 0 Å². The van der Waals surface area contributed by atoms with Crippen molar-refractivity contribution in [1.29, 1.82) is 0 Å². The second-order valence-electron chi connectivity index (χ2n) is 7.69. The Bertz CT molecular complexity index is 853. The molecule has 0 aliphatic rings. The van der Waals surface area contributed by atoms with E-state index in [-0.39, 0.29) is 5.97 Å². The lowest BCUT2D eigenvalue weighted by Gasteiger charge is -2.20. The van der Waals surface area contributed by atoms with Crippen molar-refractivity contribution in [3.63, 3.8) is 0 Å². The molecule has 2 heteroatoms. The lowest BCUT2D eigenvalue weighted by atomic mass is 9.97. The zero-order valence-corrected chi connectivity index (χ0v) is 17.0. The predicted molar refractivity (Wildman–Crippen MR) is 114 cm³/mol. The van der Waals surface area contributed by atoms with Crippen LogP contribution in [-0.2, 0) is 9.53 Å². The lowest BCUT2D eigenvalue weighted by molar-refractivity contribution is -0.156. The summed E-state index contributed by atoms with van der Waals surface area (Å²) < 4.78 is 5.66. The first kappa shape index (κ1) is 21.3. The first-order chi connectivity index (χ1) is 13.4. The van der Waals surface area contributed by atoms with Crippen molar-refractivity contribution >= 4 is 5.97 Å². The van der Waals surface area contributed by atoms with E-state index in [1.165, 1.54) is 0 Å². The molecule has 0 heterocycles. The molecule has 2 aromatic carbocycles. The maximum atomic E-state index is 12.3. The van der Waals surface area contributed by atoms with Crippen LogP contribution in [0.15, 0.2) is 60.7 Å². The molecule has 28 heavy (non-hydrogen) atoms. The van der Waals surface area contributed by atoms with Gasteiger partial charge < -0.3 is 4.74 Å². The molecule has 0 aliphatic heterocycles. The Hall–Kier alpha value is -2.97. The number of ether oxygens (including phenoxy) is 1. The molecule has 0 fully saturated rings. The molecule has 0 bridgehead atoms. The highest BCUT2D eigenvalue weighted by atomic mass is 16.5. The molecule has 144 valence electrons. The largest absolute Gasteiger partial charge is 0.449 e. The Kier molecular flexibility index (Phi) is 8.38. The third-order valence-electron chi connectivity index (χ3n) is 4.04. The molecule has 2 rings (SSSR count). The van der Waals surface area contributed by atoms with Crippen molar-refractivity contribution in [1.82, 2.24) is 0 Å². The van der Waals surface area contributed by atoms with E-state index in [1.807, 2.05) is 81.4 Å². The van der Waals surface area contributed by atoms with Crippen LogP contribution in [0.25, 0.3) is 0 Å². The van der Waals surface area contributed by atoms with Crippen molar-refractivity contribution in [3.8, 4) is 23.7 Å².